The Morgan fingerprint density at radius 2 is 1.22 bits per heavy atom. The molecule has 3 aliphatic carbocycles. The molecule has 1 aliphatic heterocycles. The third-order valence-corrected chi connectivity index (χ3v) is 11.7. The number of imide groups is 1. The first-order valence-corrected chi connectivity index (χ1v) is 17.0. The molecule has 0 spiro atoms. The molecule has 6 nitrogen and oxygen atoms in total. The van der Waals surface area contributed by atoms with Gasteiger partial charge in [-0.15, -0.1) is 23.2 Å². The average Bonchev–Trinajstić information content (AvgIpc) is 3.39. The quantitative estimate of drug-likeness (QED) is 0.138. The molecular formula is C41H32Cl2N2O4. The summed E-state index contributed by atoms with van der Waals surface area (Å²) in [4.78, 5) is 42.2. The topological polar surface area (TPSA) is 75.7 Å². The molecule has 0 unspecified atom stereocenters. The van der Waals surface area contributed by atoms with Gasteiger partial charge in [-0.05, 0) is 83.1 Å². The van der Waals surface area contributed by atoms with E-state index < -0.39 is 45.3 Å². The number of nitrogens with one attached hydrogen (secondary N) is 1. The fraction of sp³-hybridized carbons (Fsp3) is 0.195. The molecule has 2 bridgehead atoms. The average molecular weight is 688 g/mol. The van der Waals surface area contributed by atoms with Crippen LogP contribution < -0.4 is 10.1 Å². The van der Waals surface area contributed by atoms with Crippen LogP contribution in [0.25, 0.3) is 0 Å². The Balaban J connectivity index is 1.15. The minimum absolute atomic E-state index is 0.113. The maximum absolute atomic E-state index is 14.7. The Morgan fingerprint density at radius 1 is 0.714 bits per heavy atom. The third kappa shape index (κ3) is 4.65. The normalized spacial score (nSPS) is 23.8. The van der Waals surface area contributed by atoms with Gasteiger partial charge in [0.2, 0.25) is 17.7 Å². The minimum Gasteiger partial charge on any atom is -0.457 e. The number of carbonyl (C=O) groups excluding carboxylic acids is 3. The summed E-state index contributed by atoms with van der Waals surface area (Å²) in [6.07, 6.45) is 0.113. The van der Waals surface area contributed by atoms with Gasteiger partial charge in [0.05, 0.1) is 11.8 Å². The maximum atomic E-state index is 14.7. The molecule has 1 fully saturated rings. The number of rotatable bonds is 7. The van der Waals surface area contributed by atoms with Gasteiger partial charge in [-0.2, -0.15) is 0 Å². The molecule has 8 heteroatoms. The molecule has 5 aromatic rings. The lowest BCUT2D eigenvalue weighted by atomic mass is 9.54. The second kappa shape index (κ2) is 11.6. The summed E-state index contributed by atoms with van der Waals surface area (Å²) >= 11 is 15.3. The molecule has 244 valence electrons. The van der Waals surface area contributed by atoms with Gasteiger partial charge in [0.1, 0.15) is 27.3 Å². The summed E-state index contributed by atoms with van der Waals surface area (Å²) in [7, 11) is 0. The molecule has 0 saturated carbocycles. The van der Waals surface area contributed by atoms with Crippen LogP contribution in [0.3, 0.4) is 0 Å². The molecule has 0 aromatic heterocycles. The van der Waals surface area contributed by atoms with E-state index in [1.54, 1.807) is 24.3 Å². The van der Waals surface area contributed by atoms with E-state index in [-0.39, 0.29) is 6.42 Å². The van der Waals surface area contributed by atoms with E-state index >= 15 is 0 Å². The van der Waals surface area contributed by atoms with Crippen molar-refractivity contribution in [2.24, 2.45) is 11.8 Å². The zero-order valence-corrected chi connectivity index (χ0v) is 28.3. The summed E-state index contributed by atoms with van der Waals surface area (Å²) in [6.45, 7) is 4.03. The van der Waals surface area contributed by atoms with Crippen LogP contribution in [-0.2, 0) is 30.6 Å². The highest BCUT2D eigenvalue weighted by Crippen LogP contribution is 2.69. The van der Waals surface area contributed by atoms with Gasteiger partial charge in [0.15, 0.2) is 0 Å². The number of aryl methyl sites for hydroxylation is 1. The Bertz CT molecular complexity index is 2030. The van der Waals surface area contributed by atoms with Gasteiger partial charge < -0.3 is 10.1 Å². The van der Waals surface area contributed by atoms with Gasteiger partial charge in [-0.25, -0.2) is 0 Å². The number of hydrogen-bond acceptors (Lipinski definition) is 4. The fourth-order valence-electron chi connectivity index (χ4n) is 7.93. The van der Waals surface area contributed by atoms with Crippen molar-refractivity contribution in [3.05, 3.63) is 160 Å². The van der Waals surface area contributed by atoms with Crippen LogP contribution in [0.5, 0.6) is 11.5 Å². The van der Waals surface area contributed by atoms with Crippen LogP contribution in [0.15, 0.2) is 121 Å². The number of halogens is 2. The van der Waals surface area contributed by atoms with Crippen LogP contribution in [0, 0.1) is 25.7 Å². The highest BCUT2D eigenvalue weighted by molar-refractivity contribution is 6.36. The molecule has 3 amide bonds. The smallest absolute Gasteiger partial charge is 0.248 e. The number of carbonyl (C=O) groups is 3. The number of alkyl halides is 2. The lowest BCUT2D eigenvalue weighted by molar-refractivity contribution is -0.146. The Kier molecular flexibility index (Phi) is 7.43. The third-order valence-electron chi connectivity index (χ3n) is 10.4. The predicted molar refractivity (Wildman–Crippen MR) is 190 cm³/mol. The minimum atomic E-state index is -1.34. The van der Waals surface area contributed by atoms with E-state index in [1.807, 2.05) is 111 Å². The molecule has 9 rings (SSSR count). The van der Waals surface area contributed by atoms with Gasteiger partial charge in [-0.3, -0.25) is 19.3 Å². The molecular weight excluding hydrogens is 655 g/mol. The van der Waals surface area contributed by atoms with E-state index in [0.29, 0.717) is 33.7 Å². The lowest BCUT2D eigenvalue weighted by Crippen LogP contribution is -2.57. The molecule has 3 atom stereocenters. The van der Waals surface area contributed by atoms with Crippen molar-refractivity contribution in [1.29, 1.82) is 0 Å². The van der Waals surface area contributed by atoms with Crippen LogP contribution >= 0.6 is 23.2 Å². The SMILES string of the molecule is Cc1cccc(Oc2ccc(NC(=O)[C@@H](Cc3ccccc3)N3C(=O)[C@@H]4[C@H](C3=O)C3(Cl)c5ccccc5C4(Cl)c4ccccc43)cc2)c1C. The summed E-state index contributed by atoms with van der Waals surface area (Å²) in [5.74, 6) is -2.16. The number of benzene rings is 5. The lowest BCUT2D eigenvalue weighted by Gasteiger charge is -2.54. The van der Waals surface area contributed by atoms with Crippen LogP contribution in [-0.4, -0.2) is 28.7 Å². The van der Waals surface area contributed by atoms with Crippen molar-refractivity contribution in [2.75, 3.05) is 5.32 Å². The number of hydrogen-bond donors (Lipinski definition) is 1. The molecule has 4 aliphatic rings. The zero-order chi connectivity index (χ0) is 34.1. The van der Waals surface area contributed by atoms with Crippen molar-refractivity contribution in [2.45, 2.75) is 36.1 Å². The van der Waals surface area contributed by atoms with Gasteiger partial charge in [0.25, 0.3) is 0 Å². The molecule has 5 aromatic carbocycles. The van der Waals surface area contributed by atoms with E-state index in [4.69, 9.17) is 27.9 Å². The standard InChI is InChI=1S/C41H32Cl2N2O4/c1-24-11-10-18-34(25(24)2)49-28-21-19-27(20-22-28)44-37(46)33(23-26-12-4-3-5-13-26)45-38(47)35-36(39(45)48)41(43)30-15-7-6-14-29(30)40(35,42)31-16-8-9-17-32(31)41/h3-22,33,35-36H,23H2,1-2H3,(H,44,46)/t33-,35-,36+,40?,41?/m1/s1. The number of ether oxygens (including phenoxy) is 1. The Morgan fingerprint density at radius 3 is 1.76 bits per heavy atom. The highest BCUT2D eigenvalue weighted by atomic mass is 35.5. The molecule has 1 N–H and O–H groups in total. The van der Waals surface area contributed by atoms with E-state index in [9.17, 15) is 14.4 Å². The molecule has 0 radical (unpaired) electrons. The Hall–Kier alpha value is -4.91. The summed E-state index contributed by atoms with van der Waals surface area (Å²) < 4.78 is 6.10. The number of likely N-dealkylation sites (tertiary alicyclic amines) is 1. The second-order valence-corrected chi connectivity index (χ2v) is 14.2. The summed E-state index contributed by atoms with van der Waals surface area (Å²) in [5, 5.41) is 2.96. The number of anilines is 1. The van der Waals surface area contributed by atoms with E-state index in [2.05, 4.69) is 5.32 Å². The van der Waals surface area contributed by atoms with E-state index in [0.717, 1.165) is 27.3 Å². The first-order chi connectivity index (χ1) is 23.6. The zero-order valence-electron chi connectivity index (χ0n) is 26.8. The number of nitrogens with zero attached hydrogens (tertiary/aromatic N) is 1. The van der Waals surface area contributed by atoms with Crippen LogP contribution in [0.1, 0.15) is 38.9 Å². The highest BCUT2D eigenvalue weighted by Gasteiger charge is 2.73. The number of amides is 3. The molecule has 1 saturated heterocycles. The Labute approximate surface area is 294 Å². The fourth-order valence-corrected chi connectivity index (χ4v) is 9.03. The van der Waals surface area contributed by atoms with E-state index in [1.165, 1.54) is 0 Å². The van der Waals surface area contributed by atoms with Gasteiger partial charge in [-0.1, -0.05) is 91.0 Å². The van der Waals surface area contributed by atoms with Crippen LogP contribution in [0.4, 0.5) is 5.69 Å². The van der Waals surface area contributed by atoms with Crippen molar-refractivity contribution in [3.8, 4) is 11.5 Å². The van der Waals surface area contributed by atoms with Crippen molar-refractivity contribution in [3.63, 3.8) is 0 Å². The van der Waals surface area contributed by atoms with Crippen molar-refractivity contribution >= 4 is 46.6 Å². The first-order valence-electron chi connectivity index (χ1n) is 16.3. The summed E-state index contributed by atoms with van der Waals surface area (Å²) in [5.41, 5.74) is 6.30. The van der Waals surface area contributed by atoms with Gasteiger partial charge in [0, 0.05) is 12.1 Å². The van der Waals surface area contributed by atoms with Crippen molar-refractivity contribution < 1.29 is 19.1 Å². The monoisotopic (exact) mass is 686 g/mol. The van der Waals surface area contributed by atoms with Crippen molar-refractivity contribution in [1.82, 2.24) is 4.90 Å². The predicted octanol–water partition coefficient (Wildman–Crippen LogP) is 8.24. The van der Waals surface area contributed by atoms with Crippen LogP contribution in [0.2, 0.25) is 0 Å². The summed E-state index contributed by atoms with van der Waals surface area (Å²) in [6, 6.07) is 36.1. The molecule has 49 heavy (non-hydrogen) atoms. The first kappa shape index (κ1) is 31.4. The maximum Gasteiger partial charge on any atom is 0.248 e. The largest absolute Gasteiger partial charge is 0.457 e. The second-order valence-electron chi connectivity index (χ2n) is 13.0. The molecule has 1 heterocycles. The van der Waals surface area contributed by atoms with Gasteiger partial charge >= 0.3 is 0 Å².